The van der Waals surface area contributed by atoms with Gasteiger partial charge in [-0.25, -0.2) is 15.8 Å². The summed E-state index contributed by atoms with van der Waals surface area (Å²) < 4.78 is 1.05. The Balaban J connectivity index is 2.37. The molecule has 0 fully saturated rings. The molecule has 0 amide bonds. The predicted molar refractivity (Wildman–Crippen MR) is 77.6 cm³/mol. The van der Waals surface area contributed by atoms with Crippen LogP contribution in [0.1, 0.15) is 11.4 Å². The van der Waals surface area contributed by atoms with E-state index in [-0.39, 0.29) is 0 Å². The molecule has 0 atom stereocenters. The third-order valence-corrected chi connectivity index (χ3v) is 3.93. The van der Waals surface area contributed by atoms with Crippen molar-refractivity contribution in [1.29, 1.82) is 0 Å². The quantitative estimate of drug-likeness (QED) is 0.515. The third kappa shape index (κ3) is 3.01. The highest BCUT2D eigenvalue weighted by Gasteiger charge is 2.09. The van der Waals surface area contributed by atoms with Crippen LogP contribution in [0.15, 0.2) is 38.7 Å². The zero-order valence-corrected chi connectivity index (χ0v) is 12.5. The summed E-state index contributed by atoms with van der Waals surface area (Å²) in [6, 6.07) is 8.09. The number of aromatic nitrogens is 2. The summed E-state index contributed by atoms with van der Waals surface area (Å²) in [6.45, 7) is 3.81. The number of anilines is 1. The summed E-state index contributed by atoms with van der Waals surface area (Å²) in [5.74, 6) is 6.82. The van der Waals surface area contributed by atoms with Crippen LogP contribution in [0.5, 0.6) is 0 Å². The van der Waals surface area contributed by atoms with E-state index in [4.69, 9.17) is 5.84 Å². The zero-order valence-electron chi connectivity index (χ0n) is 10.1. The maximum Gasteiger partial charge on any atom is 0.147 e. The van der Waals surface area contributed by atoms with E-state index in [0.29, 0.717) is 11.6 Å². The minimum Gasteiger partial charge on any atom is -0.308 e. The standard InChI is InChI=1S/C12H13BrN4S/c1-7-11(17-14)15-8(2)16-12(7)18-10-5-3-4-9(13)6-10/h3-6H,14H2,1-2H3,(H,15,16,17). The Bertz CT molecular complexity index is 574. The summed E-state index contributed by atoms with van der Waals surface area (Å²) in [7, 11) is 0. The van der Waals surface area contributed by atoms with Gasteiger partial charge in [-0.3, -0.25) is 0 Å². The smallest absolute Gasteiger partial charge is 0.147 e. The second kappa shape index (κ2) is 5.69. The van der Waals surface area contributed by atoms with Crippen LogP contribution < -0.4 is 11.3 Å². The summed E-state index contributed by atoms with van der Waals surface area (Å²) in [5, 5.41) is 0.911. The molecule has 1 heterocycles. The molecule has 2 rings (SSSR count). The van der Waals surface area contributed by atoms with E-state index in [1.807, 2.05) is 32.0 Å². The molecular formula is C12H13BrN4S. The molecule has 2 aromatic rings. The van der Waals surface area contributed by atoms with Crippen LogP contribution in [-0.4, -0.2) is 9.97 Å². The largest absolute Gasteiger partial charge is 0.308 e. The van der Waals surface area contributed by atoms with Gasteiger partial charge < -0.3 is 5.43 Å². The molecule has 0 aliphatic rings. The number of nitrogens with zero attached hydrogens (tertiary/aromatic N) is 2. The van der Waals surface area contributed by atoms with Crippen molar-refractivity contribution in [3.63, 3.8) is 0 Å². The molecule has 0 saturated carbocycles. The summed E-state index contributed by atoms with van der Waals surface area (Å²) >= 11 is 5.05. The minimum absolute atomic E-state index is 0.667. The second-order valence-corrected chi connectivity index (χ2v) is 5.73. The zero-order chi connectivity index (χ0) is 13.1. The van der Waals surface area contributed by atoms with Crippen LogP contribution >= 0.6 is 27.7 Å². The highest BCUT2D eigenvalue weighted by molar-refractivity contribution is 9.10. The Morgan fingerprint density at radius 2 is 2.06 bits per heavy atom. The third-order valence-electron chi connectivity index (χ3n) is 2.36. The summed E-state index contributed by atoms with van der Waals surface area (Å²) in [4.78, 5) is 9.81. The van der Waals surface area contributed by atoms with Gasteiger partial charge in [0, 0.05) is 14.9 Å². The number of hydrogen-bond donors (Lipinski definition) is 2. The Morgan fingerprint density at radius 1 is 1.28 bits per heavy atom. The number of nitrogen functional groups attached to an aromatic ring is 1. The molecule has 6 heteroatoms. The minimum atomic E-state index is 0.667. The fourth-order valence-electron chi connectivity index (χ4n) is 1.48. The second-order valence-electron chi connectivity index (χ2n) is 3.75. The first-order valence-electron chi connectivity index (χ1n) is 5.35. The molecule has 0 saturated heterocycles. The van der Waals surface area contributed by atoms with Crippen molar-refractivity contribution in [3.8, 4) is 0 Å². The fraction of sp³-hybridized carbons (Fsp3) is 0.167. The van der Waals surface area contributed by atoms with E-state index in [2.05, 4.69) is 37.4 Å². The van der Waals surface area contributed by atoms with Crippen molar-refractivity contribution in [2.24, 2.45) is 5.84 Å². The fourth-order valence-corrected chi connectivity index (χ4v) is 3.02. The number of nitrogens with two attached hydrogens (primary N) is 1. The van der Waals surface area contributed by atoms with Gasteiger partial charge >= 0.3 is 0 Å². The van der Waals surface area contributed by atoms with Crippen molar-refractivity contribution in [2.45, 2.75) is 23.8 Å². The SMILES string of the molecule is Cc1nc(NN)c(C)c(Sc2cccc(Br)c2)n1. The van der Waals surface area contributed by atoms with Crippen molar-refractivity contribution in [2.75, 3.05) is 5.43 Å². The van der Waals surface area contributed by atoms with Gasteiger partial charge in [-0.15, -0.1) is 0 Å². The Labute approximate surface area is 119 Å². The van der Waals surface area contributed by atoms with E-state index >= 15 is 0 Å². The molecule has 0 unspecified atom stereocenters. The highest BCUT2D eigenvalue weighted by atomic mass is 79.9. The number of benzene rings is 1. The average Bonchev–Trinajstić information content (AvgIpc) is 2.33. The number of hydrogen-bond acceptors (Lipinski definition) is 5. The molecule has 0 spiro atoms. The highest BCUT2D eigenvalue weighted by Crippen LogP contribution is 2.32. The molecule has 4 nitrogen and oxygen atoms in total. The van der Waals surface area contributed by atoms with Gasteiger partial charge in [0.1, 0.15) is 16.7 Å². The first-order valence-corrected chi connectivity index (χ1v) is 6.96. The maximum atomic E-state index is 5.45. The predicted octanol–water partition coefficient (Wildman–Crippen LogP) is 3.29. The van der Waals surface area contributed by atoms with Crippen LogP contribution in [0.3, 0.4) is 0 Å². The van der Waals surface area contributed by atoms with Gasteiger partial charge in [0.05, 0.1) is 0 Å². The van der Waals surface area contributed by atoms with Gasteiger partial charge in [-0.2, -0.15) is 0 Å². The molecule has 94 valence electrons. The molecule has 1 aromatic carbocycles. The number of aryl methyl sites for hydroxylation is 1. The topological polar surface area (TPSA) is 63.8 Å². The molecule has 1 aromatic heterocycles. The van der Waals surface area contributed by atoms with E-state index in [1.165, 1.54) is 0 Å². The van der Waals surface area contributed by atoms with Gasteiger partial charge in [0.15, 0.2) is 0 Å². The lowest BCUT2D eigenvalue weighted by molar-refractivity contribution is 0.935. The van der Waals surface area contributed by atoms with Crippen molar-refractivity contribution < 1.29 is 0 Å². The van der Waals surface area contributed by atoms with Gasteiger partial charge in [0.25, 0.3) is 0 Å². The van der Waals surface area contributed by atoms with Crippen LogP contribution in [0.4, 0.5) is 5.82 Å². The Hall–Kier alpha value is -1.11. The maximum absolute atomic E-state index is 5.45. The molecule has 0 aliphatic heterocycles. The molecule has 18 heavy (non-hydrogen) atoms. The van der Waals surface area contributed by atoms with Crippen LogP contribution in [-0.2, 0) is 0 Å². The van der Waals surface area contributed by atoms with E-state index in [1.54, 1.807) is 11.8 Å². The summed E-state index contributed by atoms with van der Waals surface area (Å²) in [5.41, 5.74) is 3.55. The molecule has 0 radical (unpaired) electrons. The first kappa shape index (κ1) is 13.3. The lowest BCUT2D eigenvalue weighted by Crippen LogP contribution is -2.12. The molecule has 0 aliphatic carbocycles. The first-order chi connectivity index (χ1) is 8.60. The summed E-state index contributed by atoms with van der Waals surface area (Å²) in [6.07, 6.45) is 0. The van der Waals surface area contributed by atoms with Gasteiger partial charge in [0.2, 0.25) is 0 Å². The van der Waals surface area contributed by atoms with Crippen LogP contribution in [0, 0.1) is 13.8 Å². The van der Waals surface area contributed by atoms with E-state index < -0.39 is 0 Å². The van der Waals surface area contributed by atoms with Crippen LogP contribution in [0.25, 0.3) is 0 Å². The van der Waals surface area contributed by atoms with E-state index in [9.17, 15) is 0 Å². The average molecular weight is 325 g/mol. The Kier molecular flexibility index (Phi) is 4.21. The lowest BCUT2D eigenvalue weighted by Gasteiger charge is -2.10. The van der Waals surface area contributed by atoms with Crippen LogP contribution in [0.2, 0.25) is 0 Å². The van der Waals surface area contributed by atoms with Gasteiger partial charge in [-0.1, -0.05) is 33.8 Å². The molecule has 0 bridgehead atoms. The lowest BCUT2D eigenvalue weighted by atomic mass is 10.3. The Morgan fingerprint density at radius 3 is 2.72 bits per heavy atom. The number of halogens is 1. The normalized spacial score (nSPS) is 10.4. The van der Waals surface area contributed by atoms with Crippen molar-refractivity contribution in [3.05, 3.63) is 40.1 Å². The van der Waals surface area contributed by atoms with E-state index in [0.717, 1.165) is 20.0 Å². The van der Waals surface area contributed by atoms with Crippen molar-refractivity contribution >= 4 is 33.5 Å². The number of rotatable bonds is 3. The monoisotopic (exact) mass is 324 g/mol. The van der Waals surface area contributed by atoms with Gasteiger partial charge in [-0.05, 0) is 32.0 Å². The number of hydrazine groups is 1. The van der Waals surface area contributed by atoms with Crippen molar-refractivity contribution in [1.82, 2.24) is 9.97 Å². The molecule has 3 N–H and O–H groups in total. The molecular weight excluding hydrogens is 312 g/mol. The number of nitrogens with one attached hydrogen (secondary N) is 1.